The fraction of sp³-hybridized carbons (Fsp3) is 0.417. The van der Waals surface area contributed by atoms with Crippen LogP contribution in [-0.2, 0) is 28.8 Å². The van der Waals surface area contributed by atoms with Gasteiger partial charge in [0.15, 0.2) is 5.82 Å². The van der Waals surface area contributed by atoms with Gasteiger partial charge in [0.05, 0.1) is 19.6 Å². The second-order valence-corrected chi connectivity index (χ2v) is 7.68. The van der Waals surface area contributed by atoms with Crippen molar-refractivity contribution in [3.8, 4) is 0 Å². The monoisotopic (exact) mass is 438 g/mol. The molecule has 1 aromatic carbocycles. The summed E-state index contributed by atoms with van der Waals surface area (Å²) in [5.74, 6) is 0.909. The minimum absolute atomic E-state index is 0.00222. The maximum absolute atomic E-state index is 11.2. The SMILES string of the molecule is O=C(O)CC(COCCc1ccccc1)Cc1nc(CCCCNc2ccccn2)no1. The number of hydrogen-bond acceptors (Lipinski definition) is 7. The van der Waals surface area contributed by atoms with Crippen LogP contribution in [0.5, 0.6) is 0 Å². The predicted octanol–water partition coefficient (Wildman–Crippen LogP) is 3.79. The maximum atomic E-state index is 11.2. The van der Waals surface area contributed by atoms with Crippen LogP contribution in [0.15, 0.2) is 59.3 Å². The van der Waals surface area contributed by atoms with Crippen LogP contribution >= 0.6 is 0 Å². The summed E-state index contributed by atoms with van der Waals surface area (Å²) in [5.41, 5.74) is 1.19. The highest BCUT2D eigenvalue weighted by atomic mass is 16.5. The number of unbranched alkanes of at least 4 members (excludes halogenated alkanes) is 1. The first-order valence-corrected chi connectivity index (χ1v) is 11.0. The van der Waals surface area contributed by atoms with Gasteiger partial charge in [-0.3, -0.25) is 4.79 Å². The molecule has 2 heterocycles. The van der Waals surface area contributed by atoms with Crippen molar-refractivity contribution in [2.75, 3.05) is 25.1 Å². The summed E-state index contributed by atoms with van der Waals surface area (Å²) in [6, 6.07) is 15.8. The number of benzene rings is 1. The Kier molecular flexibility index (Phi) is 9.67. The van der Waals surface area contributed by atoms with Crippen molar-refractivity contribution >= 4 is 11.8 Å². The largest absolute Gasteiger partial charge is 0.481 e. The first-order chi connectivity index (χ1) is 15.7. The zero-order chi connectivity index (χ0) is 22.4. The van der Waals surface area contributed by atoms with Gasteiger partial charge in [0.1, 0.15) is 5.82 Å². The van der Waals surface area contributed by atoms with Gasteiger partial charge >= 0.3 is 5.97 Å². The van der Waals surface area contributed by atoms with Gasteiger partial charge in [0.2, 0.25) is 5.89 Å². The summed E-state index contributed by atoms with van der Waals surface area (Å²) in [4.78, 5) is 19.9. The van der Waals surface area contributed by atoms with Crippen molar-refractivity contribution in [2.24, 2.45) is 5.92 Å². The molecule has 2 N–H and O–H groups in total. The molecular weight excluding hydrogens is 408 g/mol. The number of anilines is 1. The van der Waals surface area contributed by atoms with E-state index in [1.165, 1.54) is 5.56 Å². The molecule has 3 rings (SSSR count). The number of carboxylic acid groups (broad SMARTS) is 1. The van der Waals surface area contributed by atoms with E-state index in [9.17, 15) is 9.90 Å². The molecule has 8 nitrogen and oxygen atoms in total. The Morgan fingerprint density at radius 3 is 2.72 bits per heavy atom. The molecule has 3 aromatic rings. The number of nitrogens with zero attached hydrogens (tertiary/aromatic N) is 3. The predicted molar refractivity (Wildman–Crippen MR) is 120 cm³/mol. The van der Waals surface area contributed by atoms with Crippen LogP contribution in [0.1, 0.15) is 36.5 Å². The van der Waals surface area contributed by atoms with Gasteiger partial charge in [0.25, 0.3) is 0 Å². The summed E-state index contributed by atoms with van der Waals surface area (Å²) in [5, 5.41) is 16.5. The fourth-order valence-corrected chi connectivity index (χ4v) is 3.34. The summed E-state index contributed by atoms with van der Waals surface area (Å²) >= 11 is 0. The number of ether oxygens (including phenoxy) is 1. The number of aliphatic carboxylic acids is 1. The first-order valence-electron chi connectivity index (χ1n) is 11.0. The molecule has 0 aliphatic rings. The average Bonchev–Trinajstić information content (AvgIpc) is 3.24. The van der Waals surface area contributed by atoms with Crippen LogP contribution in [0.4, 0.5) is 5.82 Å². The van der Waals surface area contributed by atoms with Crippen LogP contribution in [0.3, 0.4) is 0 Å². The third kappa shape index (κ3) is 8.85. The van der Waals surface area contributed by atoms with E-state index in [1.807, 2.05) is 48.5 Å². The van der Waals surface area contributed by atoms with E-state index in [-0.39, 0.29) is 12.3 Å². The Hall–Kier alpha value is -3.26. The number of hydrogen-bond donors (Lipinski definition) is 2. The van der Waals surface area contributed by atoms with E-state index in [0.29, 0.717) is 37.8 Å². The van der Waals surface area contributed by atoms with Gasteiger partial charge in [-0.05, 0) is 37.0 Å². The normalized spacial score (nSPS) is 11.9. The minimum Gasteiger partial charge on any atom is -0.481 e. The number of carbonyl (C=O) groups is 1. The molecule has 0 saturated carbocycles. The van der Waals surface area contributed by atoms with E-state index in [2.05, 4.69) is 20.4 Å². The highest BCUT2D eigenvalue weighted by Crippen LogP contribution is 2.14. The lowest BCUT2D eigenvalue weighted by Crippen LogP contribution is -2.18. The van der Waals surface area contributed by atoms with Crippen molar-refractivity contribution in [3.63, 3.8) is 0 Å². The van der Waals surface area contributed by atoms with E-state index < -0.39 is 5.97 Å². The fourth-order valence-electron chi connectivity index (χ4n) is 3.34. The van der Waals surface area contributed by atoms with Gasteiger partial charge < -0.3 is 19.7 Å². The molecule has 0 bridgehead atoms. The molecule has 32 heavy (non-hydrogen) atoms. The van der Waals surface area contributed by atoms with E-state index in [1.54, 1.807) is 6.20 Å². The Bertz CT molecular complexity index is 918. The third-order valence-corrected chi connectivity index (χ3v) is 4.97. The van der Waals surface area contributed by atoms with Crippen LogP contribution in [0, 0.1) is 5.92 Å². The zero-order valence-electron chi connectivity index (χ0n) is 18.2. The highest BCUT2D eigenvalue weighted by molar-refractivity contribution is 5.67. The Balaban J connectivity index is 1.36. The molecule has 8 heteroatoms. The van der Waals surface area contributed by atoms with Crippen molar-refractivity contribution in [1.29, 1.82) is 0 Å². The molecule has 0 fully saturated rings. The average molecular weight is 439 g/mol. The molecule has 170 valence electrons. The van der Waals surface area contributed by atoms with E-state index >= 15 is 0 Å². The van der Waals surface area contributed by atoms with Crippen molar-refractivity contribution in [3.05, 3.63) is 72.0 Å². The smallest absolute Gasteiger partial charge is 0.303 e. The summed E-state index contributed by atoms with van der Waals surface area (Å²) in [6.07, 6.45) is 5.53. The van der Waals surface area contributed by atoms with Gasteiger partial charge in [-0.1, -0.05) is 41.6 Å². The third-order valence-electron chi connectivity index (χ3n) is 4.97. The van der Waals surface area contributed by atoms with Gasteiger partial charge in [0, 0.05) is 31.5 Å². The molecule has 2 aromatic heterocycles. The minimum atomic E-state index is -0.859. The molecule has 0 saturated heterocycles. The molecule has 1 unspecified atom stereocenters. The molecule has 0 aliphatic carbocycles. The molecule has 1 atom stereocenters. The number of nitrogens with one attached hydrogen (secondary N) is 1. The first kappa shape index (κ1) is 23.4. The van der Waals surface area contributed by atoms with Crippen molar-refractivity contribution in [1.82, 2.24) is 15.1 Å². The standard InChI is InChI=1S/C24H30N4O4/c29-24(30)17-20(18-31-15-12-19-8-2-1-3-9-19)16-23-27-22(28-32-23)11-5-7-14-26-21-10-4-6-13-25-21/h1-4,6,8-10,13,20H,5,7,11-12,14-18H2,(H,25,26)(H,29,30). The lowest BCUT2D eigenvalue weighted by atomic mass is 10.0. The van der Waals surface area contributed by atoms with Crippen LogP contribution < -0.4 is 5.32 Å². The Labute approximate surface area is 188 Å². The van der Waals surface area contributed by atoms with Crippen LogP contribution in [0.25, 0.3) is 0 Å². The zero-order valence-corrected chi connectivity index (χ0v) is 18.2. The summed E-state index contributed by atoms with van der Waals surface area (Å²) in [7, 11) is 0. The van der Waals surface area contributed by atoms with Gasteiger partial charge in [-0.2, -0.15) is 4.98 Å². The maximum Gasteiger partial charge on any atom is 0.303 e. The Morgan fingerprint density at radius 2 is 1.94 bits per heavy atom. The van der Waals surface area contributed by atoms with E-state index in [4.69, 9.17) is 9.26 Å². The number of carboxylic acids is 1. The van der Waals surface area contributed by atoms with Crippen molar-refractivity contribution < 1.29 is 19.2 Å². The number of pyridine rings is 1. The molecular formula is C24H30N4O4. The van der Waals surface area contributed by atoms with E-state index in [0.717, 1.165) is 31.6 Å². The van der Waals surface area contributed by atoms with Gasteiger partial charge in [-0.15, -0.1) is 0 Å². The second-order valence-electron chi connectivity index (χ2n) is 7.68. The lowest BCUT2D eigenvalue weighted by molar-refractivity contribution is -0.138. The highest BCUT2D eigenvalue weighted by Gasteiger charge is 2.18. The van der Waals surface area contributed by atoms with Crippen LogP contribution in [0.2, 0.25) is 0 Å². The number of aryl methyl sites for hydroxylation is 1. The second kappa shape index (κ2) is 13.2. The van der Waals surface area contributed by atoms with Crippen LogP contribution in [-0.4, -0.2) is 46.0 Å². The topological polar surface area (TPSA) is 110 Å². The van der Waals surface area contributed by atoms with Gasteiger partial charge in [-0.25, -0.2) is 4.98 Å². The molecule has 0 aliphatic heterocycles. The summed E-state index contributed by atoms with van der Waals surface area (Å²) < 4.78 is 11.1. The quantitative estimate of drug-likeness (QED) is 0.345. The molecule has 0 radical (unpaired) electrons. The lowest BCUT2D eigenvalue weighted by Gasteiger charge is -2.13. The van der Waals surface area contributed by atoms with Crippen molar-refractivity contribution in [2.45, 2.75) is 38.5 Å². The number of aromatic nitrogens is 3. The Morgan fingerprint density at radius 1 is 1.09 bits per heavy atom. The summed E-state index contributed by atoms with van der Waals surface area (Å²) in [6.45, 7) is 1.71. The molecule has 0 amide bonds. The molecule has 0 spiro atoms. The number of rotatable bonds is 15.